The van der Waals surface area contributed by atoms with Crippen molar-refractivity contribution in [2.45, 2.75) is 64.3 Å². The Morgan fingerprint density at radius 2 is 1.80 bits per heavy atom. The molecular weight excluding hydrogens is 242 g/mol. The van der Waals surface area contributed by atoms with Gasteiger partial charge >= 0.3 is 0 Å². The molecule has 1 nitrogen and oxygen atoms in total. The molecule has 4 unspecified atom stereocenters. The summed E-state index contributed by atoms with van der Waals surface area (Å²) < 4.78 is 0. The molecular formula is C19H31N. The van der Waals surface area contributed by atoms with Crippen molar-refractivity contribution in [2.24, 2.45) is 11.8 Å². The van der Waals surface area contributed by atoms with Crippen LogP contribution in [0.5, 0.6) is 0 Å². The van der Waals surface area contributed by atoms with Crippen molar-refractivity contribution in [3.8, 4) is 0 Å². The first-order valence-electron chi connectivity index (χ1n) is 8.54. The van der Waals surface area contributed by atoms with Gasteiger partial charge in [0.1, 0.15) is 0 Å². The van der Waals surface area contributed by atoms with Crippen molar-refractivity contribution in [1.29, 1.82) is 0 Å². The Morgan fingerprint density at radius 3 is 2.40 bits per heavy atom. The highest BCUT2D eigenvalue weighted by Crippen LogP contribution is 2.39. The molecule has 1 N–H and O–H groups in total. The van der Waals surface area contributed by atoms with E-state index in [2.05, 4.69) is 56.5 Å². The Morgan fingerprint density at radius 1 is 1.10 bits per heavy atom. The quantitative estimate of drug-likeness (QED) is 0.770. The summed E-state index contributed by atoms with van der Waals surface area (Å²) in [4.78, 5) is 0. The van der Waals surface area contributed by atoms with Crippen LogP contribution in [0.15, 0.2) is 30.3 Å². The molecule has 0 heterocycles. The Kier molecular flexibility index (Phi) is 6.09. The first-order chi connectivity index (χ1) is 9.81. The third kappa shape index (κ3) is 3.44. The van der Waals surface area contributed by atoms with Crippen LogP contribution >= 0.6 is 0 Å². The summed E-state index contributed by atoms with van der Waals surface area (Å²) in [7, 11) is 2.16. The van der Waals surface area contributed by atoms with Crippen LogP contribution < -0.4 is 5.32 Å². The minimum atomic E-state index is 0.632. The third-order valence-corrected chi connectivity index (χ3v) is 5.39. The third-order valence-electron chi connectivity index (χ3n) is 5.39. The summed E-state index contributed by atoms with van der Waals surface area (Å²) in [6, 6.07) is 11.7. The van der Waals surface area contributed by atoms with Crippen LogP contribution in [0, 0.1) is 11.8 Å². The lowest BCUT2D eigenvalue weighted by atomic mass is 9.69. The van der Waals surface area contributed by atoms with Gasteiger partial charge in [0.05, 0.1) is 0 Å². The molecule has 1 aliphatic carbocycles. The predicted molar refractivity (Wildman–Crippen MR) is 88.1 cm³/mol. The number of rotatable bonds is 6. The van der Waals surface area contributed by atoms with Crippen LogP contribution in [0.3, 0.4) is 0 Å². The molecule has 1 heteroatoms. The average molecular weight is 273 g/mol. The maximum atomic E-state index is 3.69. The van der Waals surface area contributed by atoms with Crippen molar-refractivity contribution in [3.63, 3.8) is 0 Å². The van der Waals surface area contributed by atoms with Crippen LogP contribution in [0.4, 0.5) is 0 Å². The maximum absolute atomic E-state index is 3.69. The number of benzene rings is 1. The van der Waals surface area contributed by atoms with Crippen LogP contribution in [0.25, 0.3) is 0 Å². The zero-order chi connectivity index (χ0) is 14.4. The summed E-state index contributed by atoms with van der Waals surface area (Å²) in [5.41, 5.74) is 1.51. The van der Waals surface area contributed by atoms with Crippen LogP contribution in [-0.4, -0.2) is 13.1 Å². The molecule has 1 aliphatic rings. The molecule has 0 saturated heterocycles. The molecule has 4 atom stereocenters. The first-order valence-corrected chi connectivity index (χ1v) is 8.54. The van der Waals surface area contributed by atoms with Gasteiger partial charge in [0, 0.05) is 6.04 Å². The van der Waals surface area contributed by atoms with Gasteiger partial charge in [-0.05, 0) is 43.2 Å². The molecule has 0 radical (unpaired) electrons. The molecule has 1 aromatic carbocycles. The van der Waals surface area contributed by atoms with Crippen LogP contribution in [0.1, 0.15) is 63.9 Å². The topological polar surface area (TPSA) is 12.0 Å². The second kappa shape index (κ2) is 7.83. The lowest BCUT2D eigenvalue weighted by Gasteiger charge is -2.40. The lowest BCUT2D eigenvalue weighted by Crippen LogP contribution is -2.43. The van der Waals surface area contributed by atoms with E-state index >= 15 is 0 Å². The molecule has 0 aliphatic heterocycles. The first kappa shape index (κ1) is 15.6. The smallest absolute Gasteiger partial charge is 0.0164 e. The zero-order valence-corrected chi connectivity index (χ0v) is 13.4. The van der Waals surface area contributed by atoms with Gasteiger partial charge in [0.2, 0.25) is 0 Å². The van der Waals surface area contributed by atoms with Gasteiger partial charge in [0.15, 0.2) is 0 Å². The molecule has 1 fully saturated rings. The second-order valence-electron chi connectivity index (χ2n) is 6.36. The fourth-order valence-electron chi connectivity index (χ4n) is 4.33. The molecule has 2 rings (SSSR count). The minimum absolute atomic E-state index is 0.632. The maximum Gasteiger partial charge on any atom is 0.0164 e. The monoisotopic (exact) mass is 273 g/mol. The fourth-order valence-corrected chi connectivity index (χ4v) is 4.33. The van der Waals surface area contributed by atoms with Crippen molar-refractivity contribution < 1.29 is 0 Å². The van der Waals surface area contributed by atoms with Gasteiger partial charge in [-0.2, -0.15) is 0 Å². The Balaban J connectivity index is 2.20. The van der Waals surface area contributed by atoms with E-state index in [-0.39, 0.29) is 0 Å². The van der Waals surface area contributed by atoms with E-state index in [1.165, 1.54) is 44.1 Å². The van der Waals surface area contributed by atoms with Crippen molar-refractivity contribution in [1.82, 2.24) is 5.32 Å². The zero-order valence-electron chi connectivity index (χ0n) is 13.4. The molecule has 0 bridgehead atoms. The predicted octanol–water partition coefficient (Wildman–Crippen LogP) is 4.98. The molecule has 112 valence electrons. The molecule has 1 saturated carbocycles. The van der Waals surface area contributed by atoms with Gasteiger partial charge in [-0.3, -0.25) is 0 Å². The Labute approximate surface area is 125 Å². The number of nitrogens with one attached hydrogen (secondary N) is 1. The van der Waals surface area contributed by atoms with Gasteiger partial charge in [0.25, 0.3) is 0 Å². The largest absolute Gasteiger partial charge is 0.316 e. The summed E-state index contributed by atoms with van der Waals surface area (Å²) in [6.07, 6.45) is 8.27. The van der Waals surface area contributed by atoms with Crippen LogP contribution in [-0.2, 0) is 0 Å². The summed E-state index contributed by atoms with van der Waals surface area (Å²) in [5, 5.41) is 3.69. The SMILES string of the molecule is CCC1CCCCC1C(NC)C(CC)c1ccccc1. The average Bonchev–Trinajstić information content (AvgIpc) is 2.53. The molecule has 0 amide bonds. The number of likely N-dealkylation sites (N-methyl/N-ethyl adjacent to an activating group) is 1. The molecule has 1 aromatic rings. The molecule has 20 heavy (non-hydrogen) atoms. The van der Waals surface area contributed by atoms with Crippen molar-refractivity contribution in [3.05, 3.63) is 35.9 Å². The van der Waals surface area contributed by atoms with Crippen LogP contribution in [0.2, 0.25) is 0 Å². The van der Waals surface area contributed by atoms with Gasteiger partial charge in [-0.1, -0.05) is 69.9 Å². The van der Waals surface area contributed by atoms with E-state index in [0.717, 1.165) is 11.8 Å². The van der Waals surface area contributed by atoms with Gasteiger partial charge < -0.3 is 5.32 Å². The second-order valence-corrected chi connectivity index (χ2v) is 6.36. The highest BCUT2D eigenvalue weighted by molar-refractivity contribution is 5.21. The van der Waals surface area contributed by atoms with E-state index in [4.69, 9.17) is 0 Å². The molecule has 0 spiro atoms. The highest BCUT2D eigenvalue weighted by Gasteiger charge is 2.34. The van der Waals surface area contributed by atoms with E-state index in [1.54, 1.807) is 0 Å². The van der Waals surface area contributed by atoms with E-state index in [1.807, 2.05) is 0 Å². The van der Waals surface area contributed by atoms with E-state index < -0.39 is 0 Å². The minimum Gasteiger partial charge on any atom is -0.316 e. The summed E-state index contributed by atoms with van der Waals surface area (Å²) >= 11 is 0. The van der Waals surface area contributed by atoms with Crippen molar-refractivity contribution >= 4 is 0 Å². The fraction of sp³-hybridized carbons (Fsp3) is 0.684. The number of hydrogen-bond acceptors (Lipinski definition) is 1. The Bertz CT molecular complexity index is 373. The molecule has 0 aromatic heterocycles. The van der Waals surface area contributed by atoms with E-state index in [0.29, 0.717) is 12.0 Å². The lowest BCUT2D eigenvalue weighted by molar-refractivity contribution is 0.161. The van der Waals surface area contributed by atoms with Gasteiger partial charge in [-0.25, -0.2) is 0 Å². The standard InChI is InChI=1S/C19H31N/c1-4-15-11-9-10-14-18(15)19(20-3)17(5-2)16-12-7-6-8-13-16/h6-8,12-13,15,17-20H,4-5,9-11,14H2,1-3H3. The summed E-state index contributed by atoms with van der Waals surface area (Å²) in [5.74, 6) is 2.42. The van der Waals surface area contributed by atoms with E-state index in [9.17, 15) is 0 Å². The Hall–Kier alpha value is -0.820. The normalized spacial score (nSPS) is 26.1. The highest BCUT2D eigenvalue weighted by atomic mass is 14.9. The summed E-state index contributed by atoms with van der Waals surface area (Å²) in [6.45, 7) is 4.71. The van der Waals surface area contributed by atoms with Crippen molar-refractivity contribution in [2.75, 3.05) is 7.05 Å². The number of hydrogen-bond donors (Lipinski definition) is 1. The van der Waals surface area contributed by atoms with Gasteiger partial charge in [-0.15, -0.1) is 0 Å².